The molecule has 0 N–H and O–H groups in total. The zero-order valence-corrected chi connectivity index (χ0v) is 19.4. The fourth-order valence-electron chi connectivity index (χ4n) is 2.24. The first kappa shape index (κ1) is 29.4. The van der Waals surface area contributed by atoms with Crippen LogP contribution in [0.1, 0.15) is 40.5 Å². The third-order valence-electron chi connectivity index (χ3n) is 3.65. The average Bonchev–Trinajstić information content (AvgIpc) is 2.75. The van der Waals surface area contributed by atoms with Crippen LogP contribution < -0.4 is 0 Å². The molecule has 0 aromatic carbocycles. The quantitative estimate of drug-likeness (QED) is 0.135. The van der Waals surface area contributed by atoms with Gasteiger partial charge in [0.05, 0.1) is 19.0 Å². The van der Waals surface area contributed by atoms with Crippen LogP contribution in [0.3, 0.4) is 0 Å². The van der Waals surface area contributed by atoms with Gasteiger partial charge < -0.3 is 0 Å². The van der Waals surface area contributed by atoms with Gasteiger partial charge in [0.2, 0.25) is 0 Å². The van der Waals surface area contributed by atoms with Crippen LogP contribution in [0.2, 0.25) is 0 Å². The Hall–Kier alpha value is -2.76. The molecule has 0 saturated carbocycles. The van der Waals surface area contributed by atoms with E-state index >= 15 is 0 Å². The van der Waals surface area contributed by atoms with Crippen molar-refractivity contribution in [1.29, 1.82) is 0 Å². The van der Waals surface area contributed by atoms with Crippen LogP contribution in [0.5, 0.6) is 0 Å². The van der Waals surface area contributed by atoms with Gasteiger partial charge in [0.25, 0.3) is 0 Å². The molecule has 0 atom stereocenters. The number of aliphatic imine (C=N–C) groups is 2. The largest absolute Gasteiger partial charge is 0.292 e. The molecule has 30 heavy (non-hydrogen) atoms. The summed E-state index contributed by atoms with van der Waals surface area (Å²) in [6.45, 7) is 9.31. The normalized spacial score (nSPS) is 14.9. The fraction of sp³-hybridized carbons (Fsp3) is 0.333. The molecule has 0 unspecified atom stereocenters. The van der Waals surface area contributed by atoms with E-state index in [1.165, 1.54) is 0 Å². The maximum Gasteiger partial charge on any atom is 0.0596 e. The van der Waals surface area contributed by atoms with Gasteiger partial charge in [-0.15, -0.1) is 12.8 Å². The summed E-state index contributed by atoms with van der Waals surface area (Å²) in [6, 6.07) is 0. The zero-order valence-electron chi connectivity index (χ0n) is 18.5. The smallest absolute Gasteiger partial charge is 0.0596 e. The fourth-order valence-corrected chi connectivity index (χ4v) is 2.24. The molecule has 0 spiro atoms. The maximum atomic E-state index is 5.19. The van der Waals surface area contributed by atoms with Crippen molar-refractivity contribution >= 4 is 12.4 Å². The molecule has 0 aliphatic heterocycles. The predicted molar refractivity (Wildman–Crippen MR) is 129 cm³/mol. The summed E-state index contributed by atoms with van der Waals surface area (Å²) in [7, 11) is 0. The molecule has 0 fully saturated rings. The molecule has 1 radical (unpaired) electrons. The third-order valence-corrected chi connectivity index (χ3v) is 3.65. The second-order valence-electron chi connectivity index (χ2n) is 6.12. The second kappa shape index (κ2) is 21.0. The minimum absolute atomic E-state index is 0. The molecule has 2 nitrogen and oxygen atoms in total. The van der Waals surface area contributed by atoms with Crippen LogP contribution >= 0.6 is 0 Å². The molecule has 0 heterocycles. The number of hydrogen-bond acceptors (Lipinski definition) is 2. The molecule has 0 amide bonds. The van der Waals surface area contributed by atoms with Crippen molar-refractivity contribution in [2.75, 3.05) is 13.1 Å². The molecule has 161 valence electrons. The number of nitrogens with zero attached hydrogens (tertiary/aromatic N) is 2. The van der Waals surface area contributed by atoms with Gasteiger partial charge in [-0.2, -0.15) is 0 Å². The number of terminal acetylenes is 2. The van der Waals surface area contributed by atoms with Crippen molar-refractivity contribution in [1.82, 2.24) is 0 Å². The Morgan fingerprint density at radius 2 is 1.53 bits per heavy atom. The van der Waals surface area contributed by atoms with Crippen LogP contribution in [-0.2, 0) is 17.1 Å². The zero-order chi connectivity index (χ0) is 21.7. The van der Waals surface area contributed by atoms with Crippen LogP contribution in [0, 0.1) is 30.6 Å². The van der Waals surface area contributed by atoms with E-state index in [4.69, 9.17) is 12.8 Å². The van der Waals surface area contributed by atoms with E-state index in [-0.39, 0.29) is 23.0 Å². The van der Waals surface area contributed by atoms with Crippen LogP contribution in [0.15, 0.2) is 80.7 Å². The number of allylic oxidation sites excluding steroid dienone is 8. The molecule has 0 bridgehead atoms. The minimum Gasteiger partial charge on any atom is -0.292 e. The van der Waals surface area contributed by atoms with Gasteiger partial charge in [-0.3, -0.25) is 9.98 Å². The van der Waals surface area contributed by atoms with E-state index in [1.807, 2.05) is 70.5 Å². The van der Waals surface area contributed by atoms with Gasteiger partial charge >= 0.3 is 0 Å². The molecular formula is C27H32CuN2. The Bertz CT molecular complexity index is 800. The van der Waals surface area contributed by atoms with Crippen LogP contribution in [-0.4, -0.2) is 25.5 Å². The van der Waals surface area contributed by atoms with Crippen molar-refractivity contribution < 1.29 is 17.1 Å². The second-order valence-corrected chi connectivity index (χ2v) is 6.12. The summed E-state index contributed by atoms with van der Waals surface area (Å²) < 4.78 is 0. The Kier molecular flexibility index (Phi) is 20.6. The number of hydrogen-bond donors (Lipinski definition) is 0. The van der Waals surface area contributed by atoms with E-state index in [0.717, 1.165) is 29.6 Å². The van der Waals surface area contributed by atoms with E-state index < -0.39 is 0 Å². The third kappa shape index (κ3) is 15.2. The standard InChI is InChI=1S/C25H26N2.C2H6.Cu/c1-5-7-10-14-22(3)18-26-20-25(24-16-12-9-13-17-24)21-27-19-23(4)15-11-8-6-2;1-2;/h1-2,7-11,14-15,20-21,25H,12,16,18-19H2,3-4H3;1-2H3;/b10-7-,11-8-,22-14-,23-15-,26-20?,27-21?;;. The first-order valence-electron chi connectivity index (χ1n) is 9.93. The van der Waals surface area contributed by atoms with Crippen LogP contribution in [0.25, 0.3) is 0 Å². The average molecular weight is 448 g/mol. The SMILES string of the molecule is C#C/C=C\C=C(\C)CN=CC(C=NC/C(C)=C\C=C/C#C)C1=C=C=CCC1.CC.[Cu]. The summed E-state index contributed by atoms with van der Waals surface area (Å²) in [5.41, 5.74) is 9.72. The summed E-state index contributed by atoms with van der Waals surface area (Å²) in [5.74, 6) is 4.97. The van der Waals surface area contributed by atoms with Crippen molar-refractivity contribution in [3.8, 4) is 24.7 Å². The Morgan fingerprint density at radius 1 is 1.03 bits per heavy atom. The van der Waals surface area contributed by atoms with E-state index in [0.29, 0.717) is 13.1 Å². The van der Waals surface area contributed by atoms with Crippen molar-refractivity contribution in [3.63, 3.8) is 0 Å². The molecule has 3 heteroatoms. The van der Waals surface area contributed by atoms with Crippen molar-refractivity contribution in [3.05, 3.63) is 70.7 Å². The molecule has 1 aliphatic rings. The van der Waals surface area contributed by atoms with E-state index in [9.17, 15) is 0 Å². The van der Waals surface area contributed by atoms with Gasteiger partial charge in [0.15, 0.2) is 0 Å². The summed E-state index contributed by atoms with van der Waals surface area (Å²) in [5, 5.41) is 0. The van der Waals surface area contributed by atoms with Gasteiger partial charge in [0.1, 0.15) is 0 Å². The molecule has 0 aromatic heterocycles. The monoisotopic (exact) mass is 447 g/mol. The molecular weight excluding hydrogens is 416 g/mol. The topological polar surface area (TPSA) is 24.7 Å². The van der Waals surface area contributed by atoms with Gasteiger partial charge in [-0.05, 0) is 50.5 Å². The Morgan fingerprint density at radius 3 is 1.93 bits per heavy atom. The first-order valence-corrected chi connectivity index (χ1v) is 9.93. The first-order chi connectivity index (χ1) is 14.2. The van der Waals surface area contributed by atoms with Gasteiger partial charge in [-0.1, -0.05) is 72.6 Å². The van der Waals surface area contributed by atoms with Gasteiger partial charge in [-0.25, -0.2) is 0 Å². The molecule has 0 aromatic rings. The maximum absolute atomic E-state index is 5.19. The number of rotatable bonds is 9. The van der Waals surface area contributed by atoms with Gasteiger partial charge in [0, 0.05) is 29.5 Å². The summed E-state index contributed by atoms with van der Waals surface area (Å²) >= 11 is 0. The molecule has 0 saturated heterocycles. The summed E-state index contributed by atoms with van der Waals surface area (Å²) in [4.78, 5) is 9.13. The predicted octanol–water partition coefficient (Wildman–Crippen LogP) is 6.07. The van der Waals surface area contributed by atoms with E-state index in [2.05, 4.69) is 33.3 Å². The molecule has 1 aliphatic carbocycles. The summed E-state index contributed by atoms with van der Waals surface area (Å²) in [6.07, 6.45) is 29.2. The minimum atomic E-state index is 0. The van der Waals surface area contributed by atoms with Crippen LogP contribution in [0.4, 0.5) is 0 Å². The van der Waals surface area contributed by atoms with E-state index in [1.54, 1.807) is 12.2 Å². The molecule has 1 rings (SSSR count). The Balaban J connectivity index is 0. The van der Waals surface area contributed by atoms with Crippen molar-refractivity contribution in [2.24, 2.45) is 15.9 Å². The van der Waals surface area contributed by atoms with Crippen molar-refractivity contribution in [2.45, 2.75) is 40.5 Å². The Labute approximate surface area is 194 Å².